The van der Waals surface area contributed by atoms with Crippen LogP contribution in [0.25, 0.3) is 0 Å². The first-order chi connectivity index (χ1) is 7.24. The summed E-state index contributed by atoms with van der Waals surface area (Å²) in [5.41, 5.74) is 6.18. The topological polar surface area (TPSA) is 98.5 Å². The van der Waals surface area contributed by atoms with Gasteiger partial charge in [-0.25, -0.2) is 4.98 Å². The van der Waals surface area contributed by atoms with Gasteiger partial charge in [0.1, 0.15) is 23.5 Å². The molecule has 0 atom stereocenters. The van der Waals surface area contributed by atoms with Crippen LogP contribution in [0.3, 0.4) is 0 Å². The minimum Gasteiger partial charge on any atom is -0.396 e. The second-order valence-electron chi connectivity index (χ2n) is 2.70. The van der Waals surface area contributed by atoms with E-state index in [4.69, 9.17) is 16.3 Å². The molecule has 0 aromatic carbocycles. The molecule has 15 heavy (non-hydrogen) atoms. The molecule has 1 heterocycles. The molecule has 0 saturated carbocycles. The molecule has 5 nitrogen and oxygen atoms in total. The number of nitrogens with two attached hydrogens (primary N) is 1. The standard InChI is InChI=1S/C10H9N5/c1-2-3-14-10-8(5-12)9(13)7(4-11)6-15-10/h2,6H,1,3H2,(H3,13,14,15). The van der Waals surface area contributed by atoms with E-state index in [9.17, 15) is 0 Å². The predicted octanol–water partition coefficient (Wildman–Crippen LogP) is 1.01. The first-order valence-electron chi connectivity index (χ1n) is 4.18. The molecule has 74 valence electrons. The third-order valence-electron chi connectivity index (χ3n) is 1.77. The summed E-state index contributed by atoms with van der Waals surface area (Å²) in [4.78, 5) is 3.93. The lowest BCUT2D eigenvalue weighted by Gasteiger charge is -2.07. The maximum Gasteiger partial charge on any atom is 0.146 e. The average molecular weight is 199 g/mol. The monoisotopic (exact) mass is 199 g/mol. The molecule has 5 heteroatoms. The van der Waals surface area contributed by atoms with E-state index in [-0.39, 0.29) is 16.8 Å². The number of hydrogen-bond donors (Lipinski definition) is 2. The van der Waals surface area contributed by atoms with Crippen molar-refractivity contribution >= 4 is 11.5 Å². The van der Waals surface area contributed by atoms with Gasteiger partial charge in [0.15, 0.2) is 0 Å². The summed E-state index contributed by atoms with van der Waals surface area (Å²) in [7, 11) is 0. The number of hydrogen-bond acceptors (Lipinski definition) is 5. The van der Waals surface area contributed by atoms with Crippen molar-refractivity contribution in [1.29, 1.82) is 10.5 Å². The van der Waals surface area contributed by atoms with Gasteiger partial charge in [-0.05, 0) is 0 Å². The van der Waals surface area contributed by atoms with Crippen molar-refractivity contribution < 1.29 is 0 Å². The Kier molecular flexibility index (Phi) is 3.26. The van der Waals surface area contributed by atoms with E-state index in [0.717, 1.165) is 0 Å². The van der Waals surface area contributed by atoms with Crippen molar-refractivity contribution in [3.05, 3.63) is 30.0 Å². The van der Waals surface area contributed by atoms with Crippen LogP contribution < -0.4 is 11.1 Å². The van der Waals surface area contributed by atoms with Crippen molar-refractivity contribution in [3.8, 4) is 12.1 Å². The van der Waals surface area contributed by atoms with Gasteiger partial charge in [-0.3, -0.25) is 0 Å². The van der Waals surface area contributed by atoms with E-state index in [0.29, 0.717) is 12.4 Å². The molecule has 0 spiro atoms. The van der Waals surface area contributed by atoms with Gasteiger partial charge in [-0.2, -0.15) is 10.5 Å². The maximum absolute atomic E-state index is 8.87. The molecule has 1 aromatic rings. The first kappa shape index (κ1) is 10.6. The largest absolute Gasteiger partial charge is 0.396 e. The number of nitriles is 2. The van der Waals surface area contributed by atoms with Gasteiger partial charge in [0.05, 0.1) is 11.3 Å². The molecule has 0 unspecified atom stereocenters. The minimum absolute atomic E-state index is 0.154. The van der Waals surface area contributed by atoms with Crippen molar-refractivity contribution in [2.24, 2.45) is 0 Å². The molecule has 1 aromatic heterocycles. The average Bonchev–Trinajstić information content (AvgIpc) is 2.26. The fourth-order valence-electron chi connectivity index (χ4n) is 1.03. The fourth-order valence-corrected chi connectivity index (χ4v) is 1.03. The Labute approximate surface area is 87.5 Å². The molecule has 0 aliphatic rings. The summed E-state index contributed by atoms with van der Waals surface area (Å²) in [6.07, 6.45) is 2.97. The van der Waals surface area contributed by atoms with Crippen molar-refractivity contribution in [2.45, 2.75) is 0 Å². The number of nitrogens with zero attached hydrogens (tertiary/aromatic N) is 3. The molecule has 0 bridgehead atoms. The van der Waals surface area contributed by atoms with Gasteiger partial charge in [0.25, 0.3) is 0 Å². The normalized spacial score (nSPS) is 8.67. The highest BCUT2D eigenvalue weighted by Crippen LogP contribution is 2.21. The highest BCUT2D eigenvalue weighted by molar-refractivity contribution is 5.71. The van der Waals surface area contributed by atoms with Crippen molar-refractivity contribution in [2.75, 3.05) is 17.6 Å². The zero-order chi connectivity index (χ0) is 11.3. The molecule has 0 saturated heterocycles. The molecular weight excluding hydrogens is 190 g/mol. The second kappa shape index (κ2) is 4.64. The number of aromatic nitrogens is 1. The molecular formula is C10H9N5. The van der Waals surface area contributed by atoms with Crippen LogP contribution in [0.1, 0.15) is 11.1 Å². The molecule has 3 N–H and O–H groups in total. The Bertz CT molecular complexity index is 464. The third-order valence-corrected chi connectivity index (χ3v) is 1.77. The Morgan fingerprint density at radius 3 is 2.80 bits per heavy atom. The lowest BCUT2D eigenvalue weighted by molar-refractivity contribution is 1.21. The van der Waals surface area contributed by atoms with Gasteiger partial charge in [0, 0.05) is 12.7 Å². The summed E-state index contributed by atoms with van der Waals surface area (Å²) in [5, 5.41) is 20.4. The van der Waals surface area contributed by atoms with Crippen LogP contribution in [-0.4, -0.2) is 11.5 Å². The van der Waals surface area contributed by atoms with Crippen LogP contribution >= 0.6 is 0 Å². The Morgan fingerprint density at radius 2 is 2.27 bits per heavy atom. The van der Waals surface area contributed by atoms with Gasteiger partial charge >= 0.3 is 0 Å². The minimum atomic E-state index is 0.154. The molecule has 0 aliphatic carbocycles. The SMILES string of the molecule is C=CCNc1ncc(C#N)c(N)c1C#N. The van der Waals surface area contributed by atoms with E-state index in [1.165, 1.54) is 6.20 Å². The maximum atomic E-state index is 8.87. The lowest BCUT2D eigenvalue weighted by atomic mass is 10.1. The van der Waals surface area contributed by atoms with Crippen LogP contribution in [0, 0.1) is 22.7 Å². The second-order valence-corrected chi connectivity index (χ2v) is 2.70. The van der Waals surface area contributed by atoms with Crippen LogP contribution in [-0.2, 0) is 0 Å². The summed E-state index contributed by atoms with van der Waals surface area (Å²) >= 11 is 0. The Morgan fingerprint density at radius 1 is 1.53 bits per heavy atom. The Hall–Kier alpha value is -2.53. The number of pyridine rings is 1. The summed E-state index contributed by atoms with van der Waals surface area (Å²) in [5.74, 6) is 0.369. The third kappa shape index (κ3) is 2.04. The van der Waals surface area contributed by atoms with Crippen LogP contribution in [0.15, 0.2) is 18.9 Å². The number of rotatable bonds is 3. The molecule has 0 amide bonds. The van der Waals surface area contributed by atoms with Gasteiger partial charge in [0.2, 0.25) is 0 Å². The van der Waals surface area contributed by atoms with E-state index < -0.39 is 0 Å². The van der Waals surface area contributed by atoms with Gasteiger partial charge in [-0.15, -0.1) is 6.58 Å². The summed E-state index contributed by atoms with van der Waals surface area (Å²) < 4.78 is 0. The smallest absolute Gasteiger partial charge is 0.146 e. The first-order valence-corrected chi connectivity index (χ1v) is 4.18. The number of nitrogens with one attached hydrogen (secondary N) is 1. The fraction of sp³-hybridized carbons (Fsp3) is 0.100. The van der Waals surface area contributed by atoms with E-state index in [2.05, 4.69) is 16.9 Å². The predicted molar refractivity (Wildman–Crippen MR) is 56.8 cm³/mol. The van der Waals surface area contributed by atoms with Gasteiger partial charge in [-0.1, -0.05) is 6.08 Å². The van der Waals surface area contributed by atoms with E-state index >= 15 is 0 Å². The van der Waals surface area contributed by atoms with E-state index in [1.807, 2.05) is 12.1 Å². The molecule has 1 rings (SSSR count). The van der Waals surface area contributed by atoms with Crippen LogP contribution in [0.2, 0.25) is 0 Å². The van der Waals surface area contributed by atoms with Crippen LogP contribution in [0.5, 0.6) is 0 Å². The lowest BCUT2D eigenvalue weighted by Crippen LogP contribution is -2.06. The summed E-state index contributed by atoms with van der Waals surface area (Å²) in [6.45, 7) is 4.01. The highest BCUT2D eigenvalue weighted by atomic mass is 15.0. The van der Waals surface area contributed by atoms with Crippen molar-refractivity contribution in [3.63, 3.8) is 0 Å². The molecule has 0 aliphatic heterocycles. The molecule has 0 fully saturated rings. The quantitative estimate of drug-likeness (QED) is 0.707. The zero-order valence-electron chi connectivity index (χ0n) is 7.99. The van der Waals surface area contributed by atoms with E-state index in [1.54, 1.807) is 6.08 Å². The number of nitrogen functional groups attached to an aromatic ring is 1. The van der Waals surface area contributed by atoms with Gasteiger partial charge < -0.3 is 11.1 Å². The highest BCUT2D eigenvalue weighted by Gasteiger charge is 2.10. The summed E-state index contributed by atoms with van der Waals surface area (Å²) in [6, 6.07) is 3.78. The Balaban J connectivity index is 3.21. The zero-order valence-corrected chi connectivity index (χ0v) is 7.99. The molecule has 0 radical (unpaired) electrons. The van der Waals surface area contributed by atoms with Crippen molar-refractivity contribution in [1.82, 2.24) is 4.98 Å². The van der Waals surface area contributed by atoms with Crippen LogP contribution in [0.4, 0.5) is 11.5 Å². The number of anilines is 2.